The van der Waals surface area contributed by atoms with Gasteiger partial charge in [-0.2, -0.15) is 0 Å². The molecule has 19 heavy (non-hydrogen) atoms. The number of benzene rings is 1. The lowest BCUT2D eigenvalue weighted by Crippen LogP contribution is -2.31. The number of carbonyl (C=O) groups is 1. The third-order valence-corrected chi connectivity index (χ3v) is 4.33. The average Bonchev–Trinajstić information content (AvgIpc) is 2.94. The van der Waals surface area contributed by atoms with Crippen molar-refractivity contribution in [3.63, 3.8) is 0 Å². The minimum atomic E-state index is -0.207. The Morgan fingerprint density at radius 3 is 3.05 bits per heavy atom. The first-order valence-corrected chi connectivity index (χ1v) is 7.10. The second-order valence-electron chi connectivity index (χ2n) is 4.41. The van der Waals surface area contributed by atoms with E-state index < -0.39 is 0 Å². The number of hydrogen-bond acceptors (Lipinski definition) is 2. The van der Waals surface area contributed by atoms with Crippen molar-refractivity contribution in [2.45, 2.75) is 17.4 Å². The summed E-state index contributed by atoms with van der Waals surface area (Å²) in [4.78, 5) is 15.6. The third kappa shape index (κ3) is 2.38. The molecule has 1 aromatic carbocycles. The second kappa shape index (κ2) is 5.09. The van der Waals surface area contributed by atoms with Crippen LogP contribution in [0.5, 0.6) is 0 Å². The van der Waals surface area contributed by atoms with Crippen LogP contribution < -0.4 is 5.32 Å². The summed E-state index contributed by atoms with van der Waals surface area (Å²) in [6, 6.07) is 8.40. The Balaban J connectivity index is 1.84. The fourth-order valence-electron chi connectivity index (χ4n) is 2.24. The van der Waals surface area contributed by atoms with Gasteiger partial charge in [-0.3, -0.25) is 4.79 Å². The zero-order chi connectivity index (χ0) is 13.2. The standard InChI is InChI=1S/C14H13FN2OS/c15-10-4-1-3-9-11(6-8-19-13(9)10)17-14(18)12-5-2-7-16-12/h1-5,7,11,16H,6,8H2,(H,17,18)/t11-/m0/s1. The SMILES string of the molecule is O=C(N[C@H]1CCSc2c(F)cccc21)c1ccc[nH]1. The molecule has 0 spiro atoms. The van der Waals surface area contributed by atoms with Gasteiger partial charge in [-0.25, -0.2) is 4.39 Å². The molecule has 3 nitrogen and oxygen atoms in total. The summed E-state index contributed by atoms with van der Waals surface area (Å²) in [6.45, 7) is 0. The van der Waals surface area contributed by atoms with Crippen molar-refractivity contribution < 1.29 is 9.18 Å². The van der Waals surface area contributed by atoms with E-state index in [1.54, 1.807) is 24.4 Å². The number of aromatic nitrogens is 1. The quantitative estimate of drug-likeness (QED) is 0.885. The fourth-order valence-corrected chi connectivity index (χ4v) is 3.38. The molecule has 0 saturated carbocycles. The summed E-state index contributed by atoms with van der Waals surface area (Å²) in [7, 11) is 0. The van der Waals surface area contributed by atoms with Crippen molar-refractivity contribution in [3.05, 3.63) is 53.6 Å². The van der Waals surface area contributed by atoms with Crippen molar-refractivity contribution in [3.8, 4) is 0 Å². The zero-order valence-corrected chi connectivity index (χ0v) is 11.0. The number of amides is 1. The van der Waals surface area contributed by atoms with E-state index in [0.29, 0.717) is 10.6 Å². The van der Waals surface area contributed by atoms with Gasteiger partial charge in [-0.15, -0.1) is 11.8 Å². The van der Waals surface area contributed by atoms with Gasteiger partial charge in [0.25, 0.3) is 5.91 Å². The number of rotatable bonds is 2. The summed E-state index contributed by atoms with van der Waals surface area (Å²) in [5.41, 5.74) is 1.40. The third-order valence-electron chi connectivity index (χ3n) is 3.17. The van der Waals surface area contributed by atoms with Gasteiger partial charge < -0.3 is 10.3 Å². The highest BCUT2D eigenvalue weighted by atomic mass is 32.2. The number of thioether (sulfide) groups is 1. The van der Waals surface area contributed by atoms with E-state index in [9.17, 15) is 9.18 Å². The molecule has 1 aliphatic heterocycles. The minimum absolute atomic E-state index is 0.122. The Bertz CT molecular complexity index is 597. The summed E-state index contributed by atoms with van der Waals surface area (Å²) < 4.78 is 13.7. The predicted octanol–water partition coefficient (Wildman–Crippen LogP) is 3.12. The Morgan fingerprint density at radius 2 is 2.26 bits per heavy atom. The monoisotopic (exact) mass is 276 g/mol. The number of carbonyl (C=O) groups excluding carboxylic acids is 1. The van der Waals surface area contributed by atoms with Crippen LogP contribution >= 0.6 is 11.8 Å². The first-order chi connectivity index (χ1) is 9.25. The topological polar surface area (TPSA) is 44.9 Å². The molecule has 2 N–H and O–H groups in total. The highest BCUT2D eigenvalue weighted by Crippen LogP contribution is 2.37. The number of aromatic amines is 1. The zero-order valence-electron chi connectivity index (χ0n) is 10.2. The van der Waals surface area contributed by atoms with E-state index in [1.807, 2.05) is 6.07 Å². The summed E-state index contributed by atoms with van der Waals surface area (Å²) >= 11 is 1.51. The minimum Gasteiger partial charge on any atom is -0.357 e. The molecule has 1 aliphatic rings. The van der Waals surface area contributed by atoms with Crippen LogP contribution in [0, 0.1) is 5.82 Å². The largest absolute Gasteiger partial charge is 0.357 e. The highest BCUT2D eigenvalue weighted by Gasteiger charge is 2.24. The Kier molecular flexibility index (Phi) is 3.29. The maximum absolute atomic E-state index is 13.7. The normalized spacial score (nSPS) is 17.8. The van der Waals surface area contributed by atoms with Crippen LogP contribution in [-0.4, -0.2) is 16.6 Å². The Labute approximate surface area is 114 Å². The van der Waals surface area contributed by atoms with Crippen LogP contribution in [0.3, 0.4) is 0 Å². The van der Waals surface area contributed by atoms with E-state index in [0.717, 1.165) is 17.7 Å². The average molecular weight is 276 g/mol. The van der Waals surface area contributed by atoms with Crippen molar-refractivity contribution in [2.24, 2.45) is 0 Å². The lowest BCUT2D eigenvalue weighted by Gasteiger charge is -2.26. The molecule has 0 bridgehead atoms. The van der Waals surface area contributed by atoms with E-state index in [1.165, 1.54) is 17.8 Å². The lowest BCUT2D eigenvalue weighted by atomic mass is 10.0. The number of nitrogens with one attached hydrogen (secondary N) is 2. The van der Waals surface area contributed by atoms with Crippen LogP contribution in [0.15, 0.2) is 41.4 Å². The molecule has 98 valence electrons. The van der Waals surface area contributed by atoms with Crippen LogP contribution in [-0.2, 0) is 0 Å². The number of hydrogen-bond donors (Lipinski definition) is 2. The maximum Gasteiger partial charge on any atom is 0.268 e. The molecule has 1 aromatic heterocycles. The first-order valence-electron chi connectivity index (χ1n) is 6.11. The van der Waals surface area contributed by atoms with Gasteiger partial charge in [0, 0.05) is 16.8 Å². The molecule has 0 unspecified atom stereocenters. The molecular formula is C14H13FN2OS. The molecule has 0 radical (unpaired) electrons. The fraction of sp³-hybridized carbons (Fsp3) is 0.214. The van der Waals surface area contributed by atoms with Gasteiger partial charge in [0.05, 0.1) is 6.04 Å². The molecule has 0 saturated heterocycles. The van der Waals surface area contributed by atoms with Crippen molar-refractivity contribution in [1.82, 2.24) is 10.3 Å². The number of halogens is 1. The van der Waals surface area contributed by atoms with E-state index in [-0.39, 0.29) is 17.8 Å². The van der Waals surface area contributed by atoms with Gasteiger partial charge in [0.1, 0.15) is 11.5 Å². The molecule has 0 aliphatic carbocycles. The Hall–Kier alpha value is -1.75. The molecule has 3 rings (SSSR count). The van der Waals surface area contributed by atoms with Crippen LogP contribution in [0.1, 0.15) is 28.5 Å². The molecule has 0 fully saturated rings. The number of fused-ring (bicyclic) bond motifs is 1. The van der Waals surface area contributed by atoms with Gasteiger partial charge in [0.2, 0.25) is 0 Å². The molecule has 2 heterocycles. The second-order valence-corrected chi connectivity index (χ2v) is 5.51. The van der Waals surface area contributed by atoms with Gasteiger partial charge in [-0.05, 0) is 30.2 Å². The van der Waals surface area contributed by atoms with E-state index in [2.05, 4.69) is 10.3 Å². The van der Waals surface area contributed by atoms with Crippen molar-refractivity contribution in [1.29, 1.82) is 0 Å². The van der Waals surface area contributed by atoms with Gasteiger partial charge in [-0.1, -0.05) is 12.1 Å². The molecular weight excluding hydrogens is 263 g/mol. The van der Waals surface area contributed by atoms with Gasteiger partial charge in [0.15, 0.2) is 0 Å². The smallest absolute Gasteiger partial charge is 0.268 e. The van der Waals surface area contributed by atoms with Gasteiger partial charge >= 0.3 is 0 Å². The van der Waals surface area contributed by atoms with Crippen LogP contribution in [0.25, 0.3) is 0 Å². The Morgan fingerprint density at radius 1 is 1.37 bits per heavy atom. The maximum atomic E-state index is 13.7. The van der Waals surface area contributed by atoms with Crippen molar-refractivity contribution >= 4 is 17.7 Å². The summed E-state index contributed by atoms with van der Waals surface area (Å²) in [5, 5.41) is 2.95. The summed E-state index contributed by atoms with van der Waals surface area (Å²) in [5.74, 6) is 0.447. The van der Waals surface area contributed by atoms with Crippen LogP contribution in [0.4, 0.5) is 4.39 Å². The molecule has 5 heteroatoms. The highest BCUT2D eigenvalue weighted by molar-refractivity contribution is 7.99. The molecule has 1 atom stereocenters. The molecule has 1 amide bonds. The first kappa shape index (κ1) is 12.3. The van der Waals surface area contributed by atoms with E-state index >= 15 is 0 Å². The van der Waals surface area contributed by atoms with Crippen molar-refractivity contribution in [2.75, 3.05) is 5.75 Å². The number of H-pyrrole nitrogens is 1. The van der Waals surface area contributed by atoms with E-state index in [4.69, 9.17) is 0 Å². The predicted molar refractivity (Wildman–Crippen MR) is 72.7 cm³/mol. The summed E-state index contributed by atoms with van der Waals surface area (Å²) in [6.07, 6.45) is 2.52. The van der Waals surface area contributed by atoms with Crippen LogP contribution in [0.2, 0.25) is 0 Å². The lowest BCUT2D eigenvalue weighted by molar-refractivity contribution is 0.0930. The molecule has 2 aromatic rings.